The normalized spacial score (nSPS) is 21.4. The molecule has 1 saturated heterocycles. The van der Waals surface area contributed by atoms with Crippen LogP contribution in [0.15, 0.2) is 47.5 Å². The molecule has 0 saturated carbocycles. The Morgan fingerprint density at radius 3 is 2.52 bits per heavy atom. The van der Waals surface area contributed by atoms with Crippen molar-refractivity contribution in [2.24, 2.45) is 4.99 Å². The van der Waals surface area contributed by atoms with E-state index in [9.17, 15) is 0 Å². The first-order valence-corrected chi connectivity index (χ1v) is 10.9. The molecule has 2 aromatic rings. The predicted molar refractivity (Wildman–Crippen MR) is 123 cm³/mol. The van der Waals surface area contributed by atoms with E-state index in [0.717, 1.165) is 38.5 Å². The van der Waals surface area contributed by atoms with Crippen LogP contribution in [0.2, 0.25) is 0 Å². The van der Waals surface area contributed by atoms with Crippen molar-refractivity contribution < 1.29 is 4.74 Å². The van der Waals surface area contributed by atoms with Crippen LogP contribution in [0.4, 0.5) is 17.1 Å². The molecule has 154 valence electrons. The predicted octanol–water partition coefficient (Wildman–Crippen LogP) is 5.39. The van der Waals surface area contributed by atoms with Gasteiger partial charge in [0, 0.05) is 42.8 Å². The Morgan fingerprint density at radius 2 is 1.83 bits per heavy atom. The molecule has 4 rings (SSSR count). The van der Waals surface area contributed by atoms with Gasteiger partial charge in [-0.2, -0.15) is 0 Å². The fourth-order valence-electron chi connectivity index (χ4n) is 4.91. The number of aliphatic imine (C=N–C) groups is 1. The van der Waals surface area contributed by atoms with Crippen molar-refractivity contribution in [3.05, 3.63) is 53.6 Å². The third kappa shape index (κ3) is 4.18. The summed E-state index contributed by atoms with van der Waals surface area (Å²) in [5, 5.41) is 0. The van der Waals surface area contributed by atoms with E-state index in [1.807, 2.05) is 6.21 Å². The lowest BCUT2D eigenvalue weighted by Crippen LogP contribution is -2.48. The number of benzene rings is 2. The van der Waals surface area contributed by atoms with Crippen molar-refractivity contribution in [2.75, 3.05) is 42.6 Å². The highest BCUT2D eigenvalue weighted by atomic mass is 16.5. The minimum Gasteiger partial charge on any atom is -0.378 e. The highest BCUT2D eigenvalue weighted by Crippen LogP contribution is 2.43. The second-order valence-corrected chi connectivity index (χ2v) is 8.85. The average molecular weight is 392 g/mol. The monoisotopic (exact) mass is 391 g/mol. The second kappa shape index (κ2) is 8.19. The van der Waals surface area contributed by atoms with Crippen LogP contribution in [0.1, 0.15) is 51.2 Å². The van der Waals surface area contributed by atoms with Gasteiger partial charge in [-0.05, 0) is 80.6 Å². The number of morpholine rings is 1. The quantitative estimate of drug-likeness (QED) is 0.655. The smallest absolute Gasteiger partial charge is 0.0642 e. The summed E-state index contributed by atoms with van der Waals surface area (Å²) >= 11 is 0. The molecule has 29 heavy (non-hydrogen) atoms. The number of ether oxygens (including phenoxy) is 1. The van der Waals surface area contributed by atoms with Crippen molar-refractivity contribution in [3.63, 3.8) is 0 Å². The zero-order chi connectivity index (χ0) is 20.4. The molecule has 0 bridgehead atoms. The number of hydrogen-bond donors (Lipinski definition) is 0. The van der Waals surface area contributed by atoms with Crippen LogP contribution in [-0.4, -0.2) is 44.6 Å². The first-order valence-electron chi connectivity index (χ1n) is 10.9. The van der Waals surface area contributed by atoms with Gasteiger partial charge >= 0.3 is 0 Å². The summed E-state index contributed by atoms with van der Waals surface area (Å²) in [6, 6.07) is 15.3. The van der Waals surface area contributed by atoms with E-state index in [1.54, 1.807) is 0 Å². The Labute approximate surface area is 175 Å². The highest BCUT2D eigenvalue weighted by Gasteiger charge is 2.35. The van der Waals surface area contributed by atoms with Gasteiger partial charge in [0.2, 0.25) is 0 Å². The number of hydrogen-bond acceptors (Lipinski definition) is 4. The Balaban J connectivity index is 1.51. The fourth-order valence-corrected chi connectivity index (χ4v) is 4.91. The second-order valence-electron chi connectivity index (χ2n) is 8.85. The maximum atomic E-state index is 5.44. The van der Waals surface area contributed by atoms with E-state index in [0.29, 0.717) is 5.92 Å². The first-order chi connectivity index (χ1) is 14.0. The summed E-state index contributed by atoms with van der Waals surface area (Å²) in [5.41, 5.74) is 6.44. The maximum absolute atomic E-state index is 5.44. The van der Waals surface area contributed by atoms with Crippen LogP contribution in [0.3, 0.4) is 0 Å². The molecule has 1 atom stereocenters. The van der Waals surface area contributed by atoms with E-state index in [4.69, 9.17) is 9.73 Å². The minimum atomic E-state index is 0.207. The first kappa shape index (κ1) is 20.0. The summed E-state index contributed by atoms with van der Waals surface area (Å²) < 4.78 is 5.44. The third-order valence-corrected chi connectivity index (χ3v) is 6.31. The molecular formula is C25H33N3O. The molecule has 0 radical (unpaired) electrons. The number of nitrogens with zero attached hydrogens (tertiary/aromatic N) is 3. The van der Waals surface area contributed by atoms with Crippen molar-refractivity contribution in [3.8, 4) is 0 Å². The molecule has 4 nitrogen and oxygen atoms in total. The third-order valence-electron chi connectivity index (χ3n) is 6.31. The summed E-state index contributed by atoms with van der Waals surface area (Å²) in [4.78, 5) is 9.62. The Morgan fingerprint density at radius 1 is 1.10 bits per heavy atom. The van der Waals surface area contributed by atoms with Gasteiger partial charge in [-0.3, -0.25) is 4.99 Å². The topological polar surface area (TPSA) is 28.1 Å². The van der Waals surface area contributed by atoms with E-state index >= 15 is 0 Å². The maximum Gasteiger partial charge on any atom is 0.0642 e. The molecule has 0 spiro atoms. The number of anilines is 2. The van der Waals surface area contributed by atoms with Crippen LogP contribution in [0.25, 0.3) is 0 Å². The Bertz CT molecular complexity index is 866. The molecule has 2 aliphatic heterocycles. The molecule has 0 amide bonds. The lowest BCUT2D eigenvalue weighted by Gasteiger charge is -2.47. The lowest BCUT2D eigenvalue weighted by atomic mass is 9.79. The molecular weight excluding hydrogens is 358 g/mol. The molecule has 2 aromatic carbocycles. The van der Waals surface area contributed by atoms with E-state index in [1.165, 1.54) is 28.9 Å². The fraction of sp³-hybridized carbons (Fsp3) is 0.480. The zero-order valence-corrected chi connectivity index (χ0v) is 18.2. The Hall–Kier alpha value is -2.33. The summed E-state index contributed by atoms with van der Waals surface area (Å²) in [6.45, 7) is 13.9. The van der Waals surface area contributed by atoms with Crippen molar-refractivity contribution in [1.82, 2.24) is 0 Å². The van der Waals surface area contributed by atoms with Crippen LogP contribution < -0.4 is 9.80 Å². The van der Waals surface area contributed by atoms with E-state index in [-0.39, 0.29) is 5.54 Å². The SMILES string of the molecule is CCN1c2ccc(C=Nc3ccc(N4CCOCC4)cc3)cc2[C@H](C)CC1(C)C. The molecule has 0 N–H and O–H groups in total. The standard InChI is InChI=1S/C25H33N3O/c1-5-28-24-11-6-20(16-23(24)19(2)17-25(28,3)4)18-26-21-7-9-22(10-8-21)27-12-14-29-15-13-27/h6-11,16,18-19H,5,12-15,17H2,1-4H3/t19-/m1/s1. The molecule has 1 fully saturated rings. The van der Waals surface area contributed by atoms with Crippen molar-refractivity contribution in [1.29, 1.82) is 0 Å². The van der Waals surface area contributed by atoms with Gasteiger partial charge in [-0.15, -0.1) is 0 Å². The molecule has 2 aliphatic rings. The summed E-state index contributed by atoms with van der Waals surface area (Å²) in [5.74, 6) is 0.559. The van der Waals surface area contributed by atoms with Crippen LogP contribution in [0, 0.1) is 0 Å². The summed E-state index contributed by atoms with van der Waals surface area (Å²) in [7, 11) is 0. The van der Waals surface area contributed by atoms with Gasteiger partial charge in [0.1, 0.15) is 0 Å². The molecule has 4 heteroatoms. The molecule has 0 unspecified atom stereocenters. The summed E-state index contributed by atoms with van der Waals surface area (Å²) in [6.07, 6.45) is 3.17. The van der Waals surface area contributed by atoms with E-state index < -0.39 is 0 Å². The van der Waals surface area contributed by atoms with Gasteiger partial charge in [0.05, 0.1) is 18.9 Å². The van der Waals surface area contributed by atoms with Gasteiger partial charge in [0.25, 0.3) is 0 Å². The largest absolute Gasteiger partial charge is 0.378 e. The molecule has 2 heterocycles. The molecule has 0 aliphatic carbocycles. The van der Waals surface area contributed by atoms with Gasteiger partial charge < -0.3 is 14.5 Å². The molecule has 0 aromatic heterocycles. The number of rotatable bonds is 4. The van der Waals surface area contributed by atoms with Crippen molar-refractivity contribution >= 4 is 23.3 Å². The van der Waals surface area contributed by atoms with Gasteiger partial charge in [-0.1, -0.05) is 13.0 Å². The Kier molecular flexibility index (Phi) is 5.64. The number of fused-ring (bicyclic) bond motifs is 1. The van der Waals surface area contributed by atoms with Gasteiger partial charge in [-0.25, -0.2) is 0 Å². The average Bonchev–Trinajstić information content (AvgIpc) is 2.73. The van der Waals surface area contributed by atoms with Gasteiger partial charge in [0.15, 0.2) is 0 Å². The van der Waals surface area contributed by atoms with Crippen LogP contribution in [-0.2, 0) is 4.74 Å². The van der Waals surface area contributed by atoms with Crippen molar-refractivity contribution in [2.45, 2.75) is 45.6 Å². The highest BCUT2D eigenvalue weighted by molar-refractivity contribution is 5.84. The van der Waals surface area contributed by atoms with E-state index in [2.05, 4.69) is 80.0 Å². The van der Waals surface area contributed by atoms with Crippen LogP contribution >= 0.6 is 0 Å². The zero-order valence-electron chi connectivity index (χ0n) is 18.2. The lowest BCUT2D eigenvalue weighted by molar-refractivity contribution is 0.122. The van der Waals surface area contributed by atoms with Crippen LogP contribution in [0.5, 0.6) is 0 Å². The minimum absolute atomic E-state index is 0.207.